The van der Waals surface area contributed by atoms with Gasteiger partial charge in [-0.05, 0) is 19.3 Å². The molecule has 0 radical (unpaired) electrons. The van der Waals surface area contributed by atoms with Crippen molar-refractivity contribution in [2.75, 3.05) is 19.8 Å². The Kier molecular flexibility index (Phi) is 41.9. The molecule has 222 valence electrons. The minimum Gasteiger partial charge on any atom is -0.550 e. The van der Waals surface area contributed by atoms with E-state index < -0.39 is 112 Å². The first-order valence-corrected chi connectivity index (χ1v) is 9.78. The van der Waals surface area contributed by atoms with Crippen molar-refractivity contribution in [2.24, 2.45) is 0 Å². The zero-order valence-corrected chi connectivity index (χ0v) is 22.6. The Morgan fingerprint density at radius 2 is 0.595 bits per heavy atom. The summed E-state index contributed by atoms with van der Waals surface area (Å²) >= 11 is 0. The van der Waals surface area contributed by atoms with Crippen molar-refractivity contribution in [2.45, 2.75) is 38.5 Å². The van der Waals surface area contributed by atoms with Crippen LogP contribution in [0.25, 0.3) is 0 Å². The Morgan fingerprint density at radius 1 is 0.405 bits per heavy atom. The molecule has 0 fully saturated rings. The third kappa shape index (κ3) is 53.2. The van der Waals surface area contributed by atoms with Gasteiger partial charge in [0.25, 0.3) is 0 Å². The maximum Gasteiger partial charge on any atom is 1.00 e. The molecule has 0 unspecified atom stereocenters. The molecule has 0 heterocycles. The van der Waals surface area contributed by atoms with Crippen molar-refractivity contribution in [3.8, 4) is 0 Å². The molecule has 0 aliphatic heterocycles. The van der Waals surface area contributed by atoms with E-state index in [-0.39, 0.29) is 56.6 Å². The topological polar surface area (TPSA) is 339 Å². The van der Waals surface area contributed by atoms with Gasteiger partial charge in [-0.15, -0.1) is 0 Å². The van der Waals surface area contributed by atoms with Crippen LogP contribution < -0.4 is 71.9 Å². The fourth-order valence-corrected chi connectivity index (χ4v) is 1.17. The van der Waals surface area contributed by atoms with Gasteiger partial charge in [0.1, 0.15) is 0 Å². The van der Waals surface area contributed by atoms with E-state index in [1.54, 1.807) is 0 Å². The van der Waals surface area contributed by atoms with Gasteiger partial charge in [0, 0.05) is 17.9 Å². The van der Waals surface area contributed by atoms with E-state index in [2.05, 4.69) is 29.3 Å². The minimum absolute atomic E-state index is 0. The van der Waals surface area contributed by atoms with Gasteiger partial charge < -0.3 is 45.0 Å². The number of carboxylic acid groups (broad SMARTS) is 6. The molecule has 0 aliphatic carbocycles. The molecular weight excluding hydrogens is 573 g/mol. The number of carbonyl (C=O) groups excluding carboxylic acids is 6. The van der Waals surface area contributed by atoms with Gasteiger partial charge >= 0.3 is 92.4 Å². The van der Waals surface area contributed by atoms with Crippen LogP contribution in [-0.4, -0.2) is 88.9 Å². The van der Waals surface area contributed by atoms with Gasteiger partial charge in [0.05, 0.1) is 19.3 Å². The van der Waals surface area contributed by atoms with Crippen LogP contribution in [-0.2, 0) is 72.5 Å². The van der Waals surface area contributed by atoms with Crippen LogP contribution in [0.2, 0.25) is 0 Å². The van der Waals surface area contributed by atoms with E-state index in [0.717, 1.165) is 0 Å². The van der Waals surface area contributed by atoms with Crippen LogP contribution in [0.15, 0.2) is 0 Å². The van der Waals surface area contributed by atoms with Gasteiger partial charge in [0.15, 0.2) is 19.8 Å². The Hall–Kier alpha value is -3.10. The van der Waals surface area contributed by atoms with E-state index in [0.29, 0.717) is 0 Å². The van der Waals surface area contributed by atoms with Crippen LogP contribution in [0.3, 0.4) is 0 Å². The number of rotatable bonds is 18. The summed E-state index contributed by atoms with van der Waals surface area (Å²) in [5, 5.41) is 53.6. The minimum atomic E-state index is -1.39. The van der Waals surface area contributed by atoms with Crippen molar-refractivity contribution in [1.82, 2.24) is 0 Å². The first-order chi connectivity index (χ1) is 18.1. The van der Waals surface area contributed by atoms with E-state index in [4.69, 9.17) is 15.3 Å². The zero-order chi connectivity index (χ0) is 30.8. The van der Waals surface area contributed by atoms with Crippen LogP contribution in [0, 0.1) is 0 Å². The third-order valence-corrected chi connectivity index (χ3v) is 2.60. The zero-order valence-electron chi connectivity index (χ0n) is 22.6. The molecule has 0 aromatic heterocycles. The summed E-state index contributed by atoms with van der Waals surface area (Å²) in [5.74, 6) is -10.9. The van der Waals surface area contributed by atoms with E-state index in [1.807, 2.05) is 0 Å². The summed E-state index contributed by atoms with van der Waals surface area (Å²) in [7, 11) is 0. The van der Waals surface area contributed by atoms with E-state index >= 15 is 0 Å². The van der Waals surface area contributed by atoms with Crippen molar-refractivity contribution in [3.63, 3.8) is 0 Å². The Balaban J connectivity index is -0.000000112. The molecule has 0 bridgehead atoms. The van der Waals surface area contributed by atoms with Crippen LogP contribution >= 0.6 is 0 Å². The SMILES string of the molecule is O=C([O-])CCC(=O)OOCC(=O)O.O=C([O-])CCC(=O)OOCC(=O)O.O=C([O-])CCC(=O)OOCC(=O)O.[Li+].[Li+].[Li+]. The Morgan fingerprint density at radius 3 is 0.738 bits per heavy atom. The van der Waals surface area contributed by atoms with E-state index in [1.165, 1.54) is 0 Å². The number of hydrogen-bond donors (Lipinski definition) is 3. The van der Waals surface area contributed by atoms with Crippen LogP contribution in [0.4, 0.5) is 0 Å². The summed E-state index contributed by atoms with van der Waals surface area (Å²) in [4.78, 5) is 114. The summed E-state index contributed by atoms with van der Waals surface area (Å²) < 4.78 is 0. The summed E-state index contributed by atoms with van der Waals surface area (Å²) in [5.41, 5.74) is 0. The fraction of sp³-hybridized carbons (Fsp3) is 0.500. The number of aliphatic carboxylic acids is 6. The molecule has 0 amide bonds. The van der Waals surface area contributed by atoms with Gasteiger partial charge in [-0.1, -0.05) is 0 Å². The first kappa shape index (κ1) is 51.6. The van der Waals surface area contributed by atoms with Crippen LogP contribution in [0.5, 0.6) is 0 Å². The largest absolute Gasteiger partial charge is 1.00 e. The number of carboxylic acids is 6. The van der Waals surface area contributed by atoms with Crippen molar-refractivity contribution in [1.29, 1.82) is 0 Å². The van der Waals surface area contributed by atoms with Crippen molar-refractivity contribution < 1.29 is 160 Å². The molecule has 0 aromatic rings. The number of carbonyl (C=O) groups is 9. The van der Waals surface area contributed by atoms with Gasteiger partial charge in [0.2, 0.25) is 0 Å². The Labute approximate surface area is 271 Å². The quantitative estimate of drug-likeness (QED) is 0.0753. The van der Waals surface area contributed by atoms with Gasteiger partial charge in [-0.2, -0.15) is 14.7 Å². The van der Waals surface area contributed by atoms with Gasteiger partial charge in [-0.25, -0.2) is 28.8 Å². The predicted molar refractivity (Wildman–Crippen MR) is 102 cm³/mol. The maximum absolute atomic E-state index is 10.5. The molecule has 21 nitrogen and oxygen atoms in total. The van der Waals surface area contributed by atoms with Crippen molar-refractivity contribution in [3.05, 3.63) is 0 Å². The normalized spacial score (nSPS) is 8.57. The molecule has 0 atom stereocenters. The summed E-state index contributed by atoms with van der Waals surface area (Å²) in [6.45, 7) is -2.34. The predicted octanol–water partition coefficient (Wildman–Crippen LogP) is -14.8. The maximum atomic E-state index is 10.5. The molecule has 42 heavy (non-hydrogen) atoms. The Bertz CT molecular complexity index is 752. The molecular formula is C18H21Li3O21. The second kappa shape index (κ2) is 34.1. The second-order valence-electron chi connectivity index (χ2n) is 5.95. The molecule has 0 aromatic carbocycles. The molecule has 0 aliphatic rings. The average Bonchev–Trinajstić information content (AvgIpc) is 2.80. The summed E-state index contributed by atoms with van der Waals surface area (Å²) in [6, 6.07) is 0. The van der Waals surface area contributed by atoms with Crippen molar-refractivity contribution >= 4 is 53.7 Å². The standard InChI is InChI=1S/3C6H8O7.3Li/c3*7-4(8)1-2-6(11)13-12-3-5(9)10;;;/h3*1-3H2,(H,7,8)(H,9,10);;;/q;;;3*+1/p-3. The molecule has 0 saturated heterocycles. The molecule has 0 spiro atoms. The fourth-order valence-electron chi connectivity index (χ4n) is 1.17. The molecule has 24 heteroatoms. The summed E-state index contributed by atoms with van der Waals surface area (Å²) in [6.07, 6.45) is -2.72. The third-order valence-electron chi connectivity index (χ3n) is 2.60. The molecule has 3 N–H and O–H groups in total. The second-order valence-corrected chi connectivity index (χ2v) is 5.95. The molecule has 0 saturated carbocycles. The monoisotopic (exact) mass is 594 g/mol. The molecule has 0 rings (SSSR count). The van der Waals surface area contributed by atoms with Gasteiger partial charge in [-0.3, -0.25) is 14.7 Å². The number of hydrogen-bond acceptors (Lipinski definition) is 18. The first-order valence-electron chi connectivity index (χ1n) is 9.78. The smallest absolute Gasteiger partial charge is 0.550 e. The average molecular weight is 594 g/mol. The van der Waals surface area contributed by atoms with E-state index in [9.17, 15) is 58.5 Å². The van der Waals surface area contributed by atoms with Crippen LogP contribution in [0.1, 0.15) is 38.5 Å².